The second-order valence-electron chi connectivity index (χ2n) is 5.12. The Kier molecular flexibility index (Phi) is 4.61. The molecule has 0 saturated carbocycles. The van der Waals surface area contributed by atoms with Gasteiger partial charge in [-0.05, 0) is 23.8 Å². The van der Waals surface area contributed by atoms with Gasteiger partial charge < -0.3 is 9.64 Å². The predicted octanol–water partition coefficient (Wildman–Crippen LogP) is 2.72. The topological polar surface area (TPSA) is 42.4 Å². The minimum Gasteiger partial charge on any atom is -0.378 e. The Morgan fingerprint density at radius 2 is 1.86 bits per heavy atom. The van der Waals surface area contributed by atoms with Gasteiger partial charge in [0.1, 0.15) is 0 Å². The molecule has 0 aliphatic carbocycles. The number of rotatable bonds is 3. The highest BCUT2D eigenvalue weighted by atomic mass is 16.5. The third-order valence-corrected chi connectivity index (χ3v) is 3.57. The summed E-state index contributed by atoms with van der Waals surface area (Å²) in [5.41, 5.74) is 2.56. The number of amides is 1. The van der Waals surface area contributed by atoms with Crippen molar-refractivity contribution in [1.82, 2.24) is 9.88 Å². The predicted molar refractivity (Wildman–Crippen MR) is 86.3 cm³/mol. The number of morpholine rings is 1. The van der Waals surface area contributed by atoms with Crippen molar-refractivity contribution in [1.29, 1.82) is 0 Å². The number of carbonyl (C=O) groups excluding carboxylic acids is 1. The van der Waals surface area contributed by atoms with Crippen LogP contribution >= 0.6 is 0 Å². The summed E-state index contributed by atoms with van der Waals surface area (Å²) in [6.45, 7) is 2.52. The van der Waals surface area contributed by atoms with E-state index in [2.05, 4.69) is 4.98 Å². The summed E-state index contributed by atoms with van der Waals surface area (Å²) in [7, 11) is 0. The summed E-state index contributed by atoms with van der Waals surface area (Å²) in [4.78, 5) is 18.6. The van der Waals surface area contributed by atoms with Crippen LogP contribution in [0.5, 0.6) is 0 Å². The van der Waals surface area contributed by atoms with Crippen molar-refractivity contribution < 1.29 is 9.53 Å². The van der Waals surface area contributed by atoms with Gasteiger partial charge in [-0.2, -0.15) is 0 Å². The molecule has 22 heavy (non-hydrogen) atoms. The van der Waals surface area contributed by atoms with E-state index in [1.54, 1.807) is 12.3 Å². The second-order valence-corrected chi connectivity index (χ2v) is 5.12. The van der Waals surface area contributed by atoms with Gasteiger partial charge in [-0.1, -0.05) is 36.4 Å². The van der Waals surface area contributed by atoms with Crippen molar-refractivity contribution >= 4 is 18.1 Å². The van der Waals surface area contributed by atoms with E-state index in [1.807, 2.05) is 53.5 Å². The summed E-state index contributed by atoms with van der Waals surface area (Å²) in [6.07, 6.45) is 5.59. The van der Waals surface area contributed by atoms with Gasteiger partial charge >= 0.3 is 0 Å². The van der Waals surface area contributed by atoms with E-state index in [4.69, 9.17) is 4.74 Å². The molecule has 1 amide bonds. The van der Waals surface area contributed by atoms with Gasteiger partial charge in [0.15, 0.2) is 0 Å². The first-order valence-corrected chi connectivity index (χ1v) is 7.39. The zero-order valence-corrected chi connectivity index (χ0v) is 12.3. The largest absolute Gasteiger partial charge is 0.378 e. The van der Waals surface area contributed by atoms with Crippen LogP contribution in [0, 0.1) is 0 Å². The van der Waals surface area contributed by atoms with Crippen molar-refractivity contribution in [2.24, 2.45) is 0 Å². The lowest BCUT2D eigenvalue weighted by Crippen LogP contribution is -2.40. The Balaban J connectivity index is 1.74. The average molecular weight is 294 g/mol. The first kappa shape index (κ1) is 14.5. The van der Waals surface area contributed by atoms with Crippen LogP contribution in [0.2, 0.25) is 0 Å². The molecule has 2 aromatic rings. The number of hydrogen-bond acceptors (Lipinski definition) is 3. The molecule has 0 bridgehead atoms. The van der Waals surface area contributed by atoms with Gasteiger partial charge in [-0.3, -0.25) is 9.78 Å². The van der Waals surface area contributed by atoms with Gasteiger partial charge in [0.05, 0.1) is 18.9 Å². The van der Waals surface area contributed by atoms with Crippen LogP contribution < -0.4 is 0 Å². The first-order valence-electron chi connectivity index (χ1n) is 7.39. The summed E-state index contributed by atoms with van der Waals surface area (Å²) >= 11 is 0. The van der Waals surface area contributed by atoms with Gasteiger partial charge in [0.2, 0.25) is 0 Å². The van der Waals surface area contributed by atoms with E-state index < -0.39 is 0 Å². The fraction of sp³-hybridized carbons (Fsp3) is 0.222. The van der Waals surface area contributed by atoms with E-state index in [1.165, 1.54) is 0 Å². The summed E-state index contributed by atoms with van der Waals surface area (Å²) in [5.74, 6) is 0.0417. The highest BCUT2D eigenvalue weighted by Gasteiger charge is 2.18. The monoisotopic (exact) mass is 294 g/mol. The molecule has 1 saturated heterocycles. The Morgan fingerprint density at radius 3 is 2.64 bits per heavy atom. The maximum absolute atomic E-state index is 12.4. The number of aromatic nitrogens is 1. The molecule has 0 spiro atoms. The highest BCUT2D eigenvalue weighted by molar-refractivity contribution is 5.94. The molecular formula is C18H18N2O2. The zero-order chi connectivity index (χ0) is 15.2. The SMILES string of the molecule is O=C(c1ccnc(/C=C/c2ccccc2)c1)N1CCOCC1. The first-order chi connectivity index (χ1) is 10.8. The number of carbonyl (C=O) groups is 1. The van der Waals surface area contributed by atoms with Crippen LogP contribution in [-0.4, -0.2) is 42.1 Å². The molecule has 0 N–H and O–H groups in total. The molecule has 1 aliphatic heterocycles. The van der Waals surface area contributed by atoms with Crippen molar-refractivity contribution in [3.8, 4) is 0 Å². The van der Waals surface area contributed by atoms with Gasteiger partial charge in [-0.25, -0.2) is 0 Å². The number of hydrogen-bond donors (Lipinski definition) is 0. The normalized spacial score (nSPS) is 15.2. The van der Waals surface area contributed by atoms with Crippen LogP contribution in [-0.2, 0) is 4.74 Å². The fourth-order valence-corrected chi connectivity index (χ4v) is 2.37. The van der Waals surface area contributed by atoms with Crippen LogP contribution in [0.25, 0.3) is 12.2 Å². The lowest BCUT2D eigenvalue weighted by atomic mass is 10.1. The molecule has 0 radical (unpaired) electrons. The van der Waals surface area contributed by atoms with Gasteiger partial charge in [0, 0.05) is 24.8 Å². The average Bonchev–Trinajstić information content (AvgIpc) is 2.61. The molecule has 1 aliphatic rings. The molecule has 1 aromatic carbocycles. The second kappa shape index (κ2) is 7.00. The smallest absolute Gasteiger partial charge is 0.254 e. The zero-order valence-electron chi connectivity index (χ0n) is 12.3. The van der Waals surface area contributed by atoms with E-state index in [0.29, 0.717) is 31.9 Å². The minimum atomic E-state index is 0.0417. The molecule has 4 heteroatoms. The van der Waals surface area contributed by atoms with E-state index in [9.17, 15) is 4.79 Å². The summed E-state index contributed by atoms with van der Waals surface area (Å²) in [5, 5.41) is 0. The van der Waals surface area contributed by atoms with Crippen LogP contribution in [0.15, 0.2) is 48.7 Å². The third kappa shape index (κ3) is 3.59. The molecule has 1 fully saturated rings. The number of nitrogens with zero attached hydrogens (tertiary/aromatic N) is 2. The molecular weight excluding hydrogens is 276 g/mol. The number of pyridine rings is 1. The van der Waals surface area contributed by atoms with E-state index in [0.717, 1.165) is 11.3 Å². The lowest BCUT2D eigenvalue weighted by Gasteiger charge is -2.26. The van der Waals surface area contributed by atoms with Crippen molar-refractivity contribution in [3.63, 3.8) is 0 Å². The summed E-state index contributed by atoms with van der Waals surface area (Å²) < 4.78 is 5.28. The Bertz CT molecular complexity index is 662. The Hall–Kier alpha value is -2.46. The van der Waals surface area contributed by atoms with Crippen molar-refractivity contribution in [3.05, 3.63) is 65.5 Å². The molecule has 1 aromatic heterocycles. The van der Waals surface area contributed by atoms with Crippen molar-refractivity contribution in [2.75, 3.05) is 26.3 Å². The molecule has 3 rings (SSSR count). The maximum atomic E-state index is 12.4. The number of benzene rings is 1. The molecule has 0 unspecified atom stereocenters. The molecule has 2 heterocycles. The van der Waals surface area contributed by atoms with Gasteiger partial charge in [0.25, 0.3) is 5.91 Å². The van der Waals surface area contributed by atoms with Gasteiger partial charge in [-0.15, -0.1) is 0 Å². The van der Waals surface area contributed by atoms with E-state index >= 15 is 0 Å². The van der Waals surface area contributed by atoms with Crippen LogP contribution in [0.4, 0.5) is 0 Å². The Labute approximate surface area is 130 Å². The Morgan fingerprint density at radius 1 is 1.09 bits per heavy atom. The summed E-state index contributed by atoms with van der Waals surface area (Å²) in [6, 6.07) is 13.6. The lowest BCUT2D eigenvalue weighted by molar-refractivity contribution is 0.0303. The van der Waals surface area contributed by atoms with Crippen molar-refractivity contribution in [2.45, 2.75) is 0 Å². The van der Waals surface area contributed by atoms with E-state index in [-0.39, 0.29) is 5.91 Å². The number of ether oxygens (including phenoxy) is 1. The molecule has 112 valence electrons. The standard InChI is InChI=1S/C18H18N2O2/c21-18(20-10-12-22-13-11-20)16-8-9-19-17(14-16)7-6-15-4-2-1-3-5-15/h1-9,14H,10-13H2/b7-6+. The fourth-order valence-electron chi connectivity index (χ4n) is 2.37. The quantitative estimate of drug-likeness (QED) is 0.874. The highest BCUT2D eigenvalue weighted by Crippen LogP contribution is 2.11. The molecule has 4 nitrogen and oxygen atoms in total. The van der Waals surface area contributed by atoms with Crippen LogP contribution in [0.3, 0.4) is 0 Å². The minimum absolute atomic E-state index is 0.0417. The molecule has 0 atom stereocenters. The maximum Gasteiger partial charge on any atom is 0.254 e. The third-order valence-electron chi connectivity index (χ3n) is 3.57. The van der Waals surface area contributed by atoms with Crippen LogP contribution in [0.1, 0.15) is 21.6 Å².